The van der Waals surface area contributed by atoms with E-state index in [0.717, 1.165) is 42.9 Å². The molecular formula is C14H18N4S. The van der Waals surface area contributed by atoms with Gasteiger partial charge < -0.3 is 0 Å². The Morgan fingerprint density at radius 1 is 1.21 bits per heavy atom. The van der Waals surface area contributed by atoms with E-state index in [4.69, 9.17) is 11.1 Å². The average Bonchev–Trinajstić information content (AvgIpc) is 2.86. The molecule has 0 aliphatic rings. The Kier molecular flexibility index (Phi) is 5.13. The third kappa shape index (κ3) is 3.91. The highest BCUT2D eigenvalue weighted by Crippen LogP contribution is 2.27. The van der Waals surface area contributed by atoms with Crippen molar-refractivity contribution in [1.82, 2.24) is 4.98 Å². The van der Waals surface area contributed by atoms with Crippen molar-refractivity contribution in [2.24, 2.45) is 5.84 Å². The Morgan fingerprint density at radius 2 is 2.00 bits per heavy atom. The third-order valence-electron chi connectivity index (χ3n) is 2.97. The van der Waals surface area contributed by atoms with Gasteiger partial charge in [0.1, 0.15) is 0 Å². The number of nitrogens with two attached hydrogens (primary N) is 1. The van der Waals surface area contributed by atoms with Gasteiger partial charge in [0.25, 0.3) is 0 Å². The summed E-state index contributed by atoms with van der Waals surface area (Å²) in [6.45, 7) is 0.812. The predicted molar refractivity (Wildman–Crippen MR) is 79.9 cm³/mol. The lowest BCUT2D eigenvalue weighted by atomic mass is 10.1. The molecule has 2 aromatic rings. The van der Waals surface area contributed by atoms with Crippen LogP contribution < -0.4 is 10.9 Å². The van der Waals surface area contributed by atoms with Gasteiger partial charge in [0.15, 0.2) is 0 Å². The van der Waals surface area contributed by atoms with E-state index in [-0.39, 0.29) is 0 Å². The fraction of sp³-hybridized carbons (Fsp3) is 0.429. The zero-order valence-corrected chi connectivity index (χ0v) is 11.7. The Morgan fingerprint density at radius 3 is 2.79 bits per heavy atom. The topological polar surface area (TPSA) is 65.9 Å². The molecule has 2 N–H and O–H groups in total. The average molecular weight is 274 g/mol. The minimum Gasteiger partial charge on any atom is -0.286 e. The van der Waals surface area contributed by atoms with Gasteiger partial charge in [-0.1, -0.05) is 36.3 Å². The summed E-state index contributed by atoms with van der Waals surface area (Å²) in [4.78, 5) is 4.52. The first-order valence-electron chi connectivity index (χ1n) is 6.56. The van der Waals surface area contributed by atoms with Gasteiger partial charge >= 0.3 is 0 Å². The van der Waals surface area contributed by atoms with E-state index in [0.29, 0.717) is 6.42 Å². The monoisotopic (exact) mass is 274 g/mol. The molecule has 2 rings (SSSR count). The van der Waals surface area contributed by atoms with Crippen LogP contribution in [0.15, 0.2) is 24.3 Å². The summed E-state index contributed by atoms with van der Waals surface area (Å²) in [6.07, 6.45) is 4.89. The number of nitriles is 1. The largest absolute Gasteiger partial charge is 0.286 e. The molecule has 0 saturated carbocycles. The number of para-hydroxylation sites is 1. The van der Waals surface area contributed by atoms with Crippen LogP contribution in [0.25, 0.3) is 10.2 Å². The quantitative estimate of drug-likeness (QED) is 0.477. The van der Waals surface area contributed by atoms with E-state index in [1.807, 2.05) is 18.2 Å². The van der Waals surface area contributed by atoms with Crippen LogP contribution in [0.3, 0.4) is 0 Å². The number of benzene rings is 1. The van der Waals surface area contributed by atoms with Gasteiger partial charge in [0.05, 0.1) is 16.3 Å². The minimum atomic E-state index is 0.657. The van der Waals surface area contributed by atoms with E-state index in [1.54, 1.807) is 16.3 Å². The van der Waals surface area contributed by atoms with E-state index in [2.05, 4.69) is 17.1 Å². The van der Waals surface area contributed by atoms with Crippen molar-refractivity contribution in [3.8, 4) is 6.07 Å². The molecule has 1 aromatic carbocycles. The van der Waals surface area contributed by atoms with Gasteiger partial charge in [0.2, 0.25) is 5.13 Å². The number of thiazole rings is 1. The highest BCUT2D eigenvalue weighted by molar-refractivity contribution is 7.22. The molecule has 0 radical (unpaired) electrons. The van der Waals surface area contributed by atoms with Gasteiger partial charge in [-0.15, -0.1) is 0 Å². The van der Waals surface area contributed by atoms with Crippen LogP contribution >= 0.6 is 11.3 Å². The van der Waals surface area contributed by atoms with Crippen LogP contribution in [0, 0.1) is 11.3 Å². The van der Waals surface area contributed by atoms with Crippen LogP contribution in [0.5, 0.6) is 0 Å². The van der Waals surface area contributed by atoms with E-state index in [1.165, 1.54) is 4.70 Å². The zero-order chi connectivity index (χ0) is 13.5. The third-order valence-corrected chi connectivity index (χ3v) is 4.04. The Labute approximate surface area is 117 Å². The van der Waals surface area contributed by atoms with Crippen molar-refractivity contribution < 1.29 is 0 Å². The maximum Gasteiger partial charge on any atom is 0.200 e. The predicted octanol–water partition coefficient (Wildman–Crippen LogP) is 3.45. The second-order valence-corrected chi connectivity index (χ2v) is 5.49. The summed E-state index contributed by atoms with van der Waals surface area (Å²) >= 11 is 1.62. The standard InChI is InChI=1S/C14H18N4S/c15-10-6-2-1-3-7-11-18(16)14-17-12-8-4-5-9-13(12)19-14/h4-5,8-9H,1-3,6-7,11,16H2. The Hall–Kier alpha value is -1.64. The molecular weight excluding hydrogens is 256 g/mol. The smallest absolute Gasteiger partial charge is 0.200 e. The van der Waals surface area contributed by atoms with Crippen LogP contribution in [-0.4, -0.2) is 11.5 Å². The van der Waals surface area contributed by atoms with E-state index in [9.17, 15) is 0 Å². The number of anilines is 1. The summed E-state index contributed by atoms with van der Waals surface area (Å²) < 4.78 is 1.17. The number of aromatic nitrogens is 1. The molecule has 5 heteroatoms. The molecule has 4 nitrogen and oxygen atoms in total. The zero-order valence-electron chi connectivity index (χ0n) is 10.9. The van der Waals surface area contributed by atoms with Gasteiger partial charge in [-0.3, -0.25) is 5.01 Å². The van der Waals surface area contributed by atoms with Crippen molar-refractivity contribution in [3.05, 3.63) is 24.3 Å². The molecule has 100 valence electrons. The van der Waals surface area contributed by atoms with Crippen LogP contribution in [0.1, 0.15) is 32.1 Å². The van der Waals surface area contributed by atoms with Crippen LogP contribution in [0.4, 0.5) is 5.13 Å². The number of hydrazine groups is 1. The van der Waals surface area contributed by atoms with Crippen LogP contribution in [-0.2, 0) is 0 Å². The van der Waals surface area contributed by atoms with Gasteiger partial charge in [0, 0.05) is 13.0 Å². The molecule has 0 spiro atoms. The van der Waals surface area contributed by atoms with Crippen molar-refractivity contribution in [1.29, 1.82) is 5.26 Å². The number of rotatable bonds is 7. The van der Waals surface area contributed by atoms with Crippen molar-refractivity contribution in [3.63, 3.8) is 0 Å². The number of nitrogens with zero attached hydrogens (tertiary/aromatic N) is 3. The SMILES string of the molecule is N#CCCCCCCN(N)c1nc2ccccc2s1. The molecule has 0 aliphatic heterocycles. The first kappa shape index (κ1) is 13.8. The Bertz CT molecular complexity index is 525. The van der Waals surface area contributed by atoms with Crippen molar-refractivity contribution in [2.75, 3.05) is 11.6 Å². The second kappa shape index (κ2) is 7.07. The molecule has 0 aliphatic carbocycles. The summed E-state index contributed by atoms with van der Waals surface area (Å²) in [5.74, 6) is 6.03. The molecule has 0 unspecified atom stereocenters. The lowest BCUT2D eigenvalue weighted by Gasteiger charge is -2.14. The number of hydrogen-bond acceptors (Lipinski definition) is 5. The van der Waals surface area contributed by atoms with Crippen molar-refractivity contribution >= 4 is 26.7 Å². The summed E-state index contributed by atoms with van der Waals surface area (Å²) in [6, 6.07) is 10.2. The summed E-state index contributed by atoms with van der Waals surface area (Å²) in [5, 5.41) is 11.0. The normalized spacial score (nSPS) is 10.5. The molecule has 0 atom stereocenters. The number of unbranched alkanes of at least 4 members (excludes halogenated alkanes) is 4. The molecule has 1 aromatic heterocycles. The van der Waals surface area contributed by atoms with E-state index < -0.39 is 0 Å². The lowest BCUT2D eigenvalue weighted by Crippen LogP contribution is -2.31. The van der Waals surface area contributed by atoms with Gasteiger partial charge in [-0.2, -0.15) is 5.26 Å². The highest BCUT2D eigenvalue weighted by Gasteiger charge is 2.07. The first-order chi connectivity index (χ1) is 9.31. The minimum absolute atomic E-state index is 0.657. The van der Waals surface area contributed by atoms with Gasteiger partial charge in [-0.05, 0) is 25.0 Å². The first-order valence-corrected chi connectivity index (χ1v) is 7.37. The lowest BCUT2D eigenvalue weighted by molar-refractivity contribution is 0.636. The van der Waals surface area contributed by atoms with Crippen LogP contribution in [0.2, 0.25) is 0 Å². The van der Waals surface area contributed by atoms with E-state index >= 15 is 0 Å². The highest BCUT2D eigenvalue weighted by atomic mass is 32.1. The fourth-order valence-electron chi connectivity index (χ4n) is 1.92. The van der Waals surface area contributed by atoms with Crippen molar-refractivity contribution in [2.45, 2.75) is 32.1 Å². The molecule has 1 heterocycles. The second-order valence-electron chi connectivity index (χ2n) is 4.48. The fourth-order valence-corrected chi connectivity index (χ4v) is 2.83. The molecule has 0 bridgehead atoms. The summed E-state index contributed by atoms with van der Waals surface area (Å²) in [7, 11) is 0. The van der Waals surface area contributed by atoms with Gasteiger partial charge in [-0.25, -0.2) is 10.8 Å². The molecule has 0 fully saturated rings. The summed E-state index contributed by atoms with van der Waals surface area (Å²) in [5.41, 5.74) is 1.01. The maximum absolute atomic E-state index is 8.44. The number of fused-ring (bicyclic) bond motifs is 1. The molecule has 0 amide bonds. The maximum atomic E-state index is 8.44. The Balaban J connectivity index is 1.79. The number of hydrogen-bond donors (Lipinski definition) is 1. The molecule has 0 saturated heterocycles. The molecule has 19 heavy (non-hydrogen) atoms.